The number of carboxylic acids is 1. The molecule has 0 amide bonds. The van der Waals surface area contributed by atoms with Crippen molar-refractivity contribution in [2.45, 2.75) is 50.2 Å². The van der Waals surface area contributed by atoms with Crippen molar-refractivity contribution in [3.05, 3.63) is 0 Å². The number of β-amino-alcohol motifs (C(OH)–C–C–N with tert-alkyl or cyclic N) is 1. The normalized spacial score (nSPS) is 44.9. The number of hydrogen-bond acceptors (Lipinski definition) is 3. The zero-order valence-electron chi connectivity index (χ0n) is 10.1. The van der Waals surface area contributed by atoms with Crippen LogP contribution in [0.5, 0.6) is 0 Å². The third kappa shape index (κ3) is 2.08. The van der Waals surface area contributed by atoms with Crippen LogP contribution in [0.1, 0.15) is 38.5 Å². The van der Waals surface area contributed by atoms with Crippen LogP contribution in [0, 0.1) is 17.8 Å². The number of hydrogen-bond donors (Lipinski definition) is 3. The summed E-state index contributed by atoms with van der Waals surface area (Å²) in [6.07, 6.45) is 6.43. The van der Waals surface area contributed by atoms with Crippen LogP contribution in [-0.2, 0) is 4.79 Å². The van der Waals surface area contributed by atoms with Crippen LogP contribution in [0.2, 0.25) is 0 Å². The summed E-state index contributed by atoms with van der Waals surface area (Å²) < 4.78 is 0. The van der Waals surface area contributed by atoms with E-state index < -0.39 is 12.1 Å². The Morgan fingerprint density at radius 3 is 2.06 bits per heavy atom. The van der Waals surface area contributed by atoms with Crippen LogP contribution in [0.15, 0.2) is 0 Å². The first-order valence-electron chi connectivity index (χ1n) is 6.72. The zero-order valence-corrected chi connectivity index (χ0v) is 10.1. The first-order chi connectivity index (χ1) is 8.06. The Morgan fingerprint density at radius 1 is 1.18 bits per heavy atom. The lowest BCUT2D eigenvalue weighted by molar-refractivity contribution is -0.146. The molecule has 4 saturated carbocycles. The Bertz CT molecular complexity index is 293. The van der Waals surface area contributed by atoms with E-state index in [4.69, 9.17) is 5.11 Å². The molecule has 17 heavy (non-hydrogen) atoms. The fourth-order valence-corrected chi connectivity index (χ4v) is 4.73. The van der Waals surface area contributed by atoms with E-state index >= 15 is 0 Å². The molecule has 0 aliphatic heterocycles. The monoisotopic (exact) mass is 239 g/mol. The van der Waals surface area contributed by atoms with Gasteiger partial charge in [0.25, 0.3) is 0 Å². The van der Waals surface area contributed by atoms with E-state index in [2.05, 4.69) is 5.32 Å². The Hall–Kier alpha value is -0.610. The standard InChI is InChI=1S/C13H21NO3/c15-11(12(16)17)7-14-13-4-8-1-9(5-13)3-10(2-8)6-13/h8-11,14-15H,1-7H2,(H,16,17). The Balaban J connectivity index is 1.64. The average Bonchev–Trinajstić information content (AvgIpc) is 2.24. The van der Waals surface area contributed by atoms with E-state index in [-0.39, 0.29) is 12.1 Å². The molecule has 1 atom stereocenters. The molecule has 1 unspecified atom stereocenters. The number of carbonyl (C=O) groups is 1. The lowest BCUT2D eigenvalue weighted by atomic mass is 9.53. The van der Waals surface area contributed by atoms with Crippen molar-refractivity contribution < 1.29 is 15.0 Å². The van der Waals surface area contributed by atoms with Gasteiger partial charge in [0, 0.05) is 12.1 Å². The zero-order chi connectivity index (χ0) is 12.0. The maximum absolute atomic E-state index is 10.6. The van der Waals surface area contributed by atoms with Gasteiger partial charge in [-0.05, 0) is 56.3 Å². The average molecular weight is 239 g/mol. The van der Waals surface area contributed by atoms with Gasteiger partial charge in [-0.1, -0.05) is 0 Å². The molecule has 0 heterocycles. The summed E-state index contributed by atoms with van der Waals surface area (Å²) in [6.45, 7) is 0.196. The molecule has 0 aromatic carbocycles. The van der Waals surface area contributed by atoms with Gasteiger partial charge in [-0.2, -0.15) is 0 Å². The SMILES string of the molecule is O=C(O)C(O)CNC12CC3CC(CC(C3)C1)C2. The van der Waals surface area contributed by atoms with Gasteiger partial charge in [-0.25, -0.2) is 4.79 Å². The highest BCUT2D eigenvalue weighted by atomic mass is 16.4. The van der Waals surface area contributed by atoms with Gasteiger partial charge in [-0.3, -0.25) is 0 Å². The maximum Gasteiger partial charge on any atom is 0.333 e. The number of aliphatic hydroxyl groups excluding tert-OH is 1. The molecular formula is C13H21NO3. The van der Waals surface area contributed by atoms with E-state index in [0.29, 0.717) is 0 Å². The number of rotatable bonds is 4. The Morgan fingerprint density at radius 2 is 1.65 bits per heavy atom. The summed E-state index contributed by atoms with van der Waals surface area (Å²) in [7, 11) is 0. The highest BCUT2D eigenvalue weighted by Crippen LogP contribution is 2.55. The predicted octanol–water partition coefficient (Wildman–Crippen LogP) is 0.990. The predicted molar refractivity (Wildman–Crippen MR) is 62.5 cm³/mol. The number of aliphatic carboxylic acids is 1. The number of nitrogens with one attached hydrogen (secondary N) is 1. The molecule has 4 fully saturated rings. The van der Waals surface area contributed by atoms with Crippen molar-refractivity contribution in [3.8, 4) is 0 Å². The minimum atomic E-state index is -1.26. The van der Waals surface area contributed by atoms with Crippen LogP contribution in [0.25, 0.3) is 0 Å². The second-order valence-electron chi connectivity index (χ2n) is 6.43. The lowest BCUT2D eigenvalue weighted by Gasteiger charge is -2.57. The van der Waals surface area contributed by atoms with Crippen molar-refractivity contribution in [2.24, 2.45) is 17.8 Å². The molecule has 0 radical (unpaired) electrons. The molecular weight excluding hydrogens is 218 g/mol. The third-order valence-electron chi connectivity index (χ3n) is 4.99. The van der Waals surface area contributed by atoms with Gasteiger partial charge < -0.3 is 15.5 Å². The van der Waals surface area contributed by atoms with Crippen LogP contribution in [0.3, 0.4) is 0 Å². The fraction of sp³-hybridized carbons (Fsp3) is 0.923. The number of carboxylic acid groups (broad SMARTS) is 1. The Labute approximate surface area is 101 Å². The summed E-state index contributed by atoms with van der Waals surface area (Å²) in [6, 6.07) is 0. The van der Waals surface area contributed by atoms with Crippen molar-refractivity contribution in [2.75, 3.05) is 6.54 Å². The minimum absolute atomic E-state index is 0.144. The third-order valence-corrected chi connectivity index (χ3v) is 4.99. The van der Waals surface area contributed by atoms with E-state index in [1.165, 1.54) is 38.5 Å². The molecule has 4 bridgehead atoms. The highest BCUT2D eigenvalue weighted by Gasteiger charge is 2.50. The summed E-state index contributed by atoms with van der Waals surface area (Å²) in [5, 5.41) is 21.4. The first-order valence-corrected chi connectivity index (χ1v) is 6.72. The van der Waals surface area contributed by atoms with Crippen molar-refractivity contribution >= 4 is 5.97 Å². The maximum atomic E-state index is 10.6. The van der Waals surface area contributed by atoms with E-state index in [1.54, 1.807) is 0 Å². The smallest absolute Gasteiger partial charge is 0.333 e. The van der Waals surface area contributed by atoms with Crippen LogP contribution >= 0.6 is 0 Å². The van der Waals surface area contributed by atoms with Crippen LogP contribution in [0.4, 0.5) is 0 Å². The summed E-state index contributed by atoms with van der Waals surface area (Å²) in [5.74, 6) is 1.41. The summed E-state index contributed by atoms with van der Waals surface area (Å²) >= 11 is 0. The highest BCUT2D eigenvalue weighted by molar-refractivity contribution is 5.72. The van der Waals surface area contributed by atoms with Gasteiger partial charge in [0.2, 0.25) is 0 Å². The largest absolute Gasteiger partial charge is 0.479 e. The molecule has 4 heteroatoms. The van der Waals surface area contributed by atoms with Gasteiger partial charge in [-0.15, -0.1) is 0 Å². The van der Waals surface area contributed by atoms with Crippen molar-refractivity contribution in [1.82, 2.24) is 5.32 Å². The topological polar surface area (TPSA) is 69.6 Å². The lowest BCUT2D eigenvalue weighted by Crippen LogP contribution is -2.59. The number of aliphatic hydroxyl groups is 1. The van der Waals surface area contributed by atoms with Crippen molar-refractivity contribution in [1.29, 1.82) is 0 Å². The summed E-state index contributed by atoms with van der Waals surface area (Å²) in [4.78, 5) is 10.6. The fourth-order valence-electron chi connectivity index (χ4n) is 4.73. The van der Waals surface area contributed by atoms with Gasteiger partial charge in [0.05, 0.1) is 0 Å². The van der Waals surface area contributed by atoms with Gasteiger partial charge in [0.1, 0.15) is 0 Å². The van der Waals surface area contributed by atoms with Crippen LogP contribution in [-0.4, -0.2) is 34.4 Å². The molecule has 0 saturated heterocycles. The van der Waals surface area contributed by atoms with E-state index in [1.807, 2.05) is 0 Å². The molecule has 4 aliphatic carbocycles. The molecule has 4 aliphatic rings. The summed E-state index contributed by atoms with van der Waals surface area (Å²) in [5.41, 5.74) is 0.144. The first kappa shape index (κ1) is 11.5. The second kappa shape index (κ2) is 3.95. The molecule has 3 N–H and O–H groups in total. The van der Waals surface area contributed by atoms with Crippen LogP contribution < -0.4 is 5.32 Å². The minimum Gasteiger partial charge on any atom is -0.479 e. The molecule has 0 aromatic rings. The molecule has 0 spiro atoms. The molecule has 4 nitrogen and oxygen atoms in total. The quantitative estimate of drug-likeness (QED) is 0.684. The second-order valence-corrected chi connectivity index (χ2v) is 6.43. The van der Waals surface area contributed by atoms with Gasteiger partial charge >= 0.3 is 5.97 Å². The molecule has 96 valence electrons. The van der Waals surface area contributed by atoms with Gasteiger partial charge in [0.15, 0.2) is 6.10 Å². The van der Waals surface area contributed by atoms with E-state index in [0.717, 1.165) is 17.8 Å². The Kier molecular flexibility index (Phi) is 2.67. The molecule has 4 rings (SSSR count). The van der Waals surface area contributed by atoms with E-state index in [9.17, 15) is 9.90 Å². The van der Waals surface area contributed by atoms with Crippen molar-refractivity contribution in [3.63, 3.8) is 0 Å². The molecule has 0 aromatic heterocycles.